The highest BCUT2D eigenvalue weighted by atomic mass is 16.5. The maximum Gasteiger partial charge on any atom is 0.305 e. The normalized spacial score (nSPS) is 11.4. The van der Waals surface area contributed by atoms with Crippen molar-refractivity contribution in [2.45, 2.75) is 323 Å². The predicted molar refractivity (Wildman–Crippen MR) is 275 cm³/mol. The monoisotopic (exact) mass is 873 g/mol. The third-order valence-electron chi connectivity index (χ3n) is 12.4. The minimum Gasteiger partial charge on any atom is -0.466 e. The number of esters is 2. The van der Waals surface area contributed by atoms with E-state index in [-0.39, 0.29) is 11.9 Å². The summed E-state index contributed by atoms with van der Waals surface area (Å²) in [6.45, 7) is 9.83. The van der Waals surface area contributed by atoms with Crippen molar-refractivity contribution in [1.82, 2.24) is 0 Å². The molecule has 0 fully saturated rings. The first-order valence-electron chi connectivity index (χ1n) is 28.2. The molecule has 0 saturated carbocycles. The van der Waals surface area contributed by atoms with Crippen molar-refractivity contribution in [2.75, 3.05) is 13.2 Å². The van der Waals surface area contributed by atoms with Crippen molar-refractivity contribution in [1.29, 1.82) is 0 Å². The minimum absolute atomic E-state index is 0.0174. The zero-order valence-corrected chi connectivity index (χ0v) is 42.9. The predicted octanol–water partition coefficient (Wildman–Crippen LogP) is 20.2. The highest BCUT2D eigenvalue weighted by Crippen LogP contribution is 2.15. The number of carbonyl (C=O) groups excluding carboxylic acids is 2. The SMILES string of the molecule is CCCCCCCC/C=C\CCCCCCCCCCCC(=O)OCCCCCCCC/C=C\CCCCCCCC.CCCCCCCCCCCCCCCC(=O)OCC. The van der Waals surface area contributed by atoms with Crippen LogP contribution in [0.1, 0.15) is 323 Å². The Bertz CT molecular complexity index is 894. The fourth-order valence-corrected chi connectivity index (χ4v) is 8.18. The Hall–Kier alpha value is -1.58. The summed E-state index contributed by atoms with van der Waals surface area (Å²) in [5.41, 5.74) is 0. The van der Waals surface area contributed by atoms with Gasteiger partial charge in [0.2, 0.25) is 0 Å². The van der Waals surface area contributed by atoms with E-state index in [2.05, 4.69) is 45.1 Å². The molecule has 4 heteroatoms. The van der Waals surface area contributed by atoms with Crippen LogP contribution in [0.3, 0.4) is 0 Å². The average Bonchev–Trinajstić information content (AvgIpc) is 3.27. The van der Waals surface area contributed by atoms with Crippen LogP contribution >= 0.6 is 0 Å². The van der Waals surface area contributed by atoms with Gasteiger partial charge in [0.05, 0.1) is 13.2 Å². The summed E-state index contributed by atoms with van der Waals surface area (Å²) in [7, 11) is 0. The number of ether oxygens (including phenoxy) is 2. The first kappa shape index (κ1) is 62.5. The van der Waals surface area contributed by atoms with Gasteiger partial charge in [-0.2, -0.15) is 0 Å². The van der Waals surface area contributed by atoms with Crippen molar-refractivity contribution in [3.05, 3.63) is 24.3 Å². The summed E-state index contributed by atoms with van der Waals surface area (Å²) < 4.78 is 10.4. The Labute approximate surface area is 390 Å². The second kappa shape index (κ2) is 59.4. The van der Waals surface area contributed by atoms with Gasteiger partial charge in [-0.15, -0.1) is 0 Å². The Kier molecular flexibility index (Phi) is 59.9. The Morgan fingerprint density at radius 1 is 0.274 bits per heavy atom. The number of unbranched alkanes of at least 4 members (excludes halogenated alkanes) is 39. The quantitative estimate of drug-likeness (QED) is 0.0347. The van der Waals surface area contributed by atoms with Gasteiger partial charge in [-0.1, -0.05) is 257 Å². The Balaban J connectivity index is 0. The molecule has 0 aliphatic rings. The van der Waals surface area contributed by atoms with Crippen LogP contribution in [0.25, 0.3) is 0 Å². The molecule has 0 bridgehead atoms. The molecule has 0 amide bonds. The fourth-order valence-electron chi connectivity index (χ4n) is 8.18. The molecule has 0 heterocycles. The van der Waals surface area contributed by atoms with E-state index in [1.165, 1.54) is 263 Å². The fraction of sp³-hybridized carbons (Fsp3) is 0.897. The Morgan fingerprint density at radius 3 is 0.774 bits per heavy atom. The van der Waals surface area contributed by atoms with Gasteiger partial charge in [-0.05, 0) is 77.6 Å². The standard InChI is InChI=1S/C40H76O2.C18H36O2/c1-3-5-7-9-11-13-15-17-19-21-22-23-24-26-28-30-32-34-36-38-40(41)42-39-37-35-33-31-29-27-25-20-18-16-14-12-10-8-6-4-2;1-3-5-6-7-8-9-10-11-12-13-14-15-16-17-18(19)20-4-2/h17-20H,3-16,21-39H2,1-2H3;3-17H2,1-2H3/b19-17-,20-18-;. The van der Waals surface area contributed by atoms with Crippen LogP contribution < -0.4 is 0 Å². The van der Waals surface area contributed by atoms with Crippen LogP contribution in [0.2, 0.25) is 0 Å². The lowest BCUT2D eigenvalue weighted by Gasteiger charge is -2.05. The average molecular weight is 874 g/mol. The molecule has 0 spiro atoms. The first-order valence-corrected chi connectivity index (χ1v) is 28.2. The smallest absolute Gasteiger partial charge is 0.305 e. The highest BCUT2D eigenvalue weighted by Gasteiger charge is 2.03. The molecule has 0 aliphatic heterocycles. The number of carbonyl (C=O) groups is 2. The van der Waals surface area contributed by atoms with E-state index in [0.717, 1.165) is 19.3 Å². The number of hydrogen-bond acceptors (Lipinski definition) is 4. The Morgan fingerprint density at radius 2 is 0.500 bits per heavy atom. The van der Waals surface area contributed by atoms with Crippen molar-refractivity contribution < 1.29 is 19.1 Å². The molecule has 0 atom stereocenters. The molecule has 0 aromatic carbocycles. The summed E-state index contributed by atoms with van der Waals surface area (Å²) >= 11 is 0. The van der Waals surface area contributed by atoms with Crippen LogP contribution in [0, 0.1) is 0 Å². The van der Waals surface area contributed by atoms with Gasteiger partial charge in [0.15, 0.2) is 0 Å². The lowest BCUT2D eigenvalue weighted by molar-refractivity contribution is -0.144. The minimum atomic E-state index is -0.0319. The van der Waals surface area contributed by atoms with Crippen molar-refractivity contribution in [3.8, 4) is 0 Å². The first-order chi connectivity index (χ1) is 30.6. The van der Waals surface area contributed by atoms with E-state index in [4.69, 9.17) is 9.47 Å². The molecule has 0 N–H and O–H groups in total. The van der Waals surface area contributed by atoms with E-state index in [1.807, 2.05) is 6.92 Å². The summed E-state index contributed by atoms with van der Waals surface area (Å²) in [6, 6.07) is 0. The molecule has 4 nitrogen and oxygen atoms in total. The van der Waals surface area contributed by atoms with E-state index >= 15 is 0 Å². The molecule has 0 unspecified atom stereocenters. The summed E-state index contributed by atoms with van der Waals surface area (Å²) in [5, 5.41) is 0. The molecule has 0 radical (unpaired) electrons. The van der Waals surface area contributed by atoms with Crippen molar-refractivity contribution >= 4 is 11.9 Å². The van der Waals surface area contributed by atoms with Crippen molar-refractivity contribution in [2.24, 2.45) is 0 Å². The largest absolute Gasteiger partial charge is 0.466 e. The number of allylic oxidation sites excluding steroid dienone is 4. The van der Waals surface area contributed by atoms with Gasteiger partial charge in [0, 0.05) is 12.8 Å². The van der Waals surface area contributed by atoms with Gasteiger partial charge in [0.25, 0.3) is 0 Å². The second-order valence-corrected chi connectivity index (χ2v) is 18.7. The molecule has 0 aliphatic carbocycles. The topological polar surface area (TPSA) is 52.6 Å². The third kappa shape index (κ3) is 60.5. The van der Waals surface area contributed by atoms with Gasteiger partial charge in [0.1, 0.15) is 0 Å². The van der Waals surface area contributed by atoms with E-state index in [1.54, 1.807) is 0 Å². The van der Waals surface area contributed by atoms with E-state index in [9.17, 15) is 9.59 Å². The lowest BCUT2D eigenvalue weighted by Crippen LogP contribution is -2.05. The van der Waals surface area contributed by atoms with Crippen LogP contribution in [0.15, 0.2) is 24.3 Å². The molecular weight excluding hydrogens is 761 g/mol. The lowest BCUT2D eigenvalue weighted by atomic mass is 10.0. The number of hydrogen-bond donors (Lipinski definition) is 0. The van der Waals surface area contributed by atoms with E-state index < -0.39 is 0 Å². The van der Waals surface area contributed by atoms with Gasteiger partial charge >= 0.3 is 11.9 Å². The highest BCUT2D eigenvalue weighted by molar-refractivity contribution is 5.69. The maximum absolute atomic E-state index is 12.0. The van der Waals surface area contributed by atoms with Gasteiger partial charge in [-0.25, -0.2) is 0 Å². The molecular formula is C58H112O4. The second-order valence-electron chi connectivity index (χ2n) is 18.7. The van der Waals surface area contributed by atoms with E-state index in [0.29, 0.717) is 26.1 Å². The van der Waals surface area contributed by atoms with Crippen LogP contribution in [0.5, 0.6) is 0 Å². The van der Waals surface area contributed by atoms with Crippen LogP contribution in [-0.2, 0) is 19.1 Å². The summed E-state index contributed by atoms with van der Waals surface area (Å²) in [6.07, 6.45) is 69.1. The third-order valence-corrected chi connectivity index (χ3v) is 12.4. The molecule has 0 aromatic rings. The van der Waals surface area contributed by atoms with Crippen LogP contribution in [0.4, 0.5) is 0 Å². The molecule has 0 saturated heterocycles. The summed E-state index contributed by atoms with van der Waals surface area (Å²) in [5.74, 6) is -0.0145. The maximum atomic E-state index is 12.0. The molecule has 368 valence electrons. The molecule has 0 rings (SSSR count). The molecule has 62 heavy (non-hydrogen) atoms. The zero-order chi connectivity index (χ0) is 45.3. The van der Waals surface area contributed by atoms with Crippen molar-refractivity contribution in [3.63, 3.8) is 0 Å². The molecule has 0 aromatic heterocycles. The van der Waals surface area contributed by atoms with Crippen LogP contribution in [-0.4, -0.2) is 25.2 Å². The number of rotatable bonds is 50. The van der Waals surface area contributed by atoms with Gasteiger partial charge in [-0.3, -0.25) is 9.59 Å². The van der Waals surface area contributed by atoms with Gasteiger partial charge < -0.3 is 9.47 Å². The summed E-state index contributed by atoms with van der Waals surface area (Å²) in [4.78, 5) is 23.1. The zero-order valence-electron chi connectivity index (χ0n) is 42.9.